The molecule has 8 heteroatoms. The van der Waals surface area contributed by atoms with Crippen molar-refractivity contribution in [2.24, 2.45) is 5.92 Å². The average Bonchev–Trinajstić information content (AvgIpc) is 3.52. The van der Waals surface area contributed by atoms with Crippen LogP contribution in [-0.4, -0.2) is 61.1 Å². The maximum atomic E-state index is 12.0. The van der Waals surface area contributed by atoms with E-state index in [4.69, 9.17) is 30.5 Å². The molecule has 1 spiro atoms. The number of halogens is 1. The van der Waals surface area contributed by atoms with Crippen LogP contribution in [0.1, 0.15) is 40.0 Å². The van der Waals surface area contributed by atoms with E-state index in [1.165, 1.54) is 5.57 Å². The first-order valence-electron chi connectivity index (χ1n) is 9.30. The molecule has 0 aromatic heterocycles. The van der Waals surface area contributed by atoms with E-state index in [1.54, 1.807) is 7.11 Å². The molecule has 2 aliphatic heterocycles. The number of rotatable bonds is 6. The Kier molecular flexibility index (Phi) is 5.87. The molecule has 0 aromatic rings. The van der Waals surface area contributed by atoms with Crippen molar-refractivity contribution in [3.8, 4) is 0 Å². The molecular weight excluding hydrogens is 374 g/mol. The van der Waals surface area contributed by atoms with Crippen molar-refractivity contribution >= 4 is 23.6 Å². The Morgan fingerprint density at radius 2 is 2.07 bits per heavy atom. The highest BCUT2D eigenvalue weighted by Gasteiger charge is 2.72. The summed E-state index contributed by atoms with van der Waals surface area (Å²) in [6, 6.07) is 0. The van der Waals surface area contributed by atoms with Gasteiger partial charge in [0.1, 0.15) is 29.3 Å². The highest BCUT2D eigenvalue weighted by molar-refractivity contribution is 6.28. The number of alkyl carbamates (subject to hydrolysis) is 1. The van der Waals surface area contributed by atoms with Crippen LogP contribution in [0, 0.1) is 5.92 Å². The van der Waals surface area contributed by atoms with Gasteiger partial charge < -0.3 is 18.9 Å². The lowest BCUT2D eigenvalue weighted by atomic mass is 9.68. The first-order chi connectivity index (χ1) is 12.8. The fourth-order valence-electron chi connectivity index (χ4n) is 4.38. The predicted octanol–water partition coefficient (Wildman–Crippen LogP) is 2.55. The highest BCUT2D eigenvalue weighted by atomic mass is 35.5. The van der Waals surface area contributed by atoms with Gasteiger partial charge in [-0.15, -0.1) is 11.6 Å². The number of ether oxygens (including phenoxy) is 4. The zero-order chi connectivity index (χ0) is 19.8. The molecule has 152 valence electrons. The molecule has 3 fully saturated rings. The third kappa shape index (κ3) is 4.16. The van der Waals surface area contributed by atoms with Crippen LogP contribution in [0.5, 0.6) is 0 Å². The molecule has 1 saturated carbocycles. The number of carbonyl (C=O) groups is 2. The molecular formula is C19H28ClNO6. The van der Waals surface area contributed by atoms with Crippen LogP contribution >= 0.6 is 11.6 Å². The zero-order valence-electron chi connectivity index (χ0n) is 16.2. The van der Waals surface area contributed by atoms with Gasteiger partial charge in [0.05, 0.1) is 18.6 Å². The monoisotopic (exact) mass is 401 g/mol. The van der Waals surface area contributed by atoms with Gasteiger partial charge in [0.2, 0.25) is 5.91 Å². The molecule has 27 heavy (non-hydrogen) atoms. The minimum atomic E-state index is -0.804. The van der Waals surface area contributed by atoms with E-state index in [0.717, 1.165) is 12.8 Å². The Balaban J connectivity index is 1.73. The fourth-order valence-corrected chi connectivity index (χ4v) is 4.45. The van der Waals surface area contributed by atoms with Gasteiger partial charge in [0.25, 0.3) is 0 Å². The molecule has 2 amide bonds. The van der Waals surface area contributed by atoms with Crippen LogP contribution in [0.25, 0.3) is 0 Å². The standard InChI is InChI=1S/C19H28ClNO6/c1-11(2)5-6-13-18(3,27-13)16-15(24-4)12(7-8-19(16)10-25-19)26-17(23)21-14(22)9-20/h5,12-13,15-16H,6-10H2,1-4H3,(H,21,22,23)/t12-,13?,15-,16?,18+,19?/m1/s1. The lowest BCUT2D eigenvalue weighted by molar-refractivity contribution is -0.124. The third-order valence-corrected chi connectivity index (χ3v) is 6.10. The van der Waals surface area contributed by atoms with E-state index >= 15 is 0 Å². The van der Waals surface area contributed by atoms with Crippen LogP contribution in [0.15, 0.2) is 11.6 Å². The lowest BCUT2D eigenvalue weighted by Crippen LogP contribution is -2.56. The van der Waals surface area contributed by atoms with Gasteiger partial charge in [-0.1, -0.05) is 11.6 Å². The average molecular weight is 402 g/mol. The summed E-state index contributed by atoms with van der Waals surface area (Å²) >= 11 is 5.42. The van der Waals surface area contributed by atoms with Crippen LogP contribution in [0.2, 0.25) is 0 Å². The number of carbonyl (C=O) groups excluding carboxylic acids is 2. The second-order valence-electron chi connectivity index (χ2n) is 8.00. The summed E-state index contributed by atoms with van der Waals surface area (Å²) in [5.74, 6) is -0.949. The van der Waals surface area contributed by atoms with Gasteiger partial charge in [-0.25, -0.2) is 4.79 Å². The van der Waals surface area contributed by atoms with Gasteiger partial charge in [0, 0.05) is 7.11 Å². The Morgan fingerprint density at radius 1 is 1.37 bits per heavy atom. The van der Waals surface area contributed by atoms with Crippen LogP contribution in [0.3, 0.4) is 0 Å². The van der Waals surface area contributed by atoms with Gasteiger partial charge in [-0.05, 0) is 40.0 Å². The van der Waals surface area contributed by atoms with E-state index < -0.39 is 23.7 Å². The molecule has 7 nitrogen and oxygen atoms in total. The lowest BCUT2D eigenvalue weighted by Gasteiger charge is -2.42. The summed E-state index contributed by atoms with van der Waals surface area (Å²) in [5, 5.41) is 2.11. The highest BCUT2D eigenvalue weighted by Crippen LogP contribution is 2.59. The largest absolute Gasteiger partial charge is 0.443 e. The molecule has 3 unspecified atom stereocenters. The molecule has 0 radical (unpaired) electrons. The predicted molar refractivity (Wildman–Crippen MR) is 98.7 cm³/mol. The molecule has 3 rings (SSSR count). The molecule has 3 aliphatic rings. The Bertz CT molecular complexity index is 630. The van der Waals surface area contributed by atoms with Crippen LogP contribution in [0.4, 0.5) is 4.79 Å². The Hall–Kier alpha value is -1.15. The van der Waals surface area contributed by atoms with Crippen molar-refractivity contribution in [1.29, 1.82) is 0 Å². The molecule has 0 bridgehead atoms. The van der Waals surface area contributed by atoms with E-state index in [-0.39, 0.29) is 29.6 Å². The third-order valence-electron chi connectivity index (χ3n) is 5.86. The van der Waals surface area contributed by atoms with E-state index in [2.05, 4.69) is 32.2 Å². The summed E-state index contributed by atoms with van der Waals surface area (Å²) in [5.41, 5.74) is 0.574. The minimum Gasteiger partial charge on any atom is -0.443 e. The maximum absolute atomic E-state index is 12.0. The number of imide groups is 1. The topological polar surface area (TPSA) is 89.7 Å². The number of allylic oxidation sites excluding steroid dienone is 1. The molecule has 2 saturated heterocycles. The van der Waals surface area contributed by atoms with E-state index in [1.807, 2.05) is 0 Å². The van der Waals surface area contributed by atoms with Crippen molar-refractivity contribution in [3.63, 3.8) is 0 Å². The van der Waals surface area contributed by atoms with Crippen LogP contribution < -0.4 is 5.32 Å². The van der Waals surface area contributed by atoms with Gasteiger partial charge in [-0.2, -0.15) is 0 Å². The fraction of sp³-hybridized carbons (Fsp3) is 0.789. The molecule has 2 heterocycles. The molecule has 1 aliphatic carbocycles. The normalized spacial score (nSPS) is 39.6. The van der Waals surface area contributed by atoms with Crippen molar-refractivity contribution in [3.05, 3.63) is 11.6 Å². The first kappa shape index (κ1) is 20.6. The summed E-state index contributed by atoms with van der Waals surface area (Å²) in [4.78, 5) is 23.3. The van der Waals surface area contributed by atoms with E-state index in [0.29, 0.717) is 13.0 Å². The second kappa shape index (κ2) is 7.70. The van der Waals surface area contributed by atoms with Gasteiger partial charge in [0.15, 0.2) is 0 Å². The first-order valence-corrected chi connectivity index (χ1v) is 9.83. The molecule has 6 atom stereocenters. The number of nitrogens with one attached hydrogen (secondary N) is 1. The summed E-state index contributed by atoms with van der Waals surface area (Å²) in [6.07, 6.45) is 2.78. The maximum Gasteiger partial charge on any atom is 0.414 e. The number of amides is 2. The van der Waals surface area contributed by atoms with Gasteiger partial charge in [-0.3, -0.25) is 10.1 Å². The smallest absolute Gasteiger partial charge is 0.414 e. The number of hydrogen-bond acceptors (Lipinski definition) is 6. The summed E-state index contributed by atoms with van der Waals surface area (Å²) in [6.45, 7) is 6.87. The molecule has 0 aromatic carbocycles. The Labute approximate surface area is 164 Å². The van der Waals surface area contributed by atoms with E-state index in [9.17, 15) is 9.59 Å². The van der Waals surface area contributed by atoms with Gasteiger partial charge >= 0.3 is 6.09 Å². The number of hydrogen-bond donors (Lipinski definition) is 1. The van der Waals surface area contributed by atoms with Crippen LogP contribution in [-0.2, 0) is 23.7 Å². The second-order valence-corrected chi connectivity index (χ2v) is 8.27. The SMILES string of the molecule is CO[C@H]1C([C@@]2(C)OC2CC=C(C)C)C2(CC[C@H]1OC(=O)NC(=O)CCl)CO2. The van der Waals surface area contributed by atoms with Crippen molar-refractivity contribution in [2.75, 3.05) is 19.6 Å². The number of alkyl halides is 1. The number of epoxide rings is 2. The Morgan fingerprint density at radius 3 is 2.63 bits per heavy atom. The number of methoxy groups -OCH3 is 1. The van der Waals surface area contributed by atoms with Crippen molar-refractivity contribution in [1.82, 2.24) is 5.32 Å². The van der Waals surface area contributed by atoms with Crippen molar-refractivity contribution < 1.29 is 28.5 Å². The quantitative estimate of drug-likeness (QED) is 0.418. The summed E-state index contributed by atoms with van der Waals surface area (Å²) < 4.78 is 23.2. The summed E-state index contributed by atoms with van der Waals surface area (Å²) in [7, 11) is 1.61. The zero-order valence-corrected chi connectivity index (χ0v) is 17.0. The van der Waals surface area contributed by atoms with Crippen molar-refractivity contribution in [2.45, 2.75) is 69.5 Å². The minimum absolute atomic E-state index is 0.0548. The molecule has 1 N–H and O–H groups in total.